The molecule has 1 atom stereocenters. The summed E-state index contributed by atoms with van der Waals surface area (Å²) < 4.78 is 0.987. The Labute approximate surface area is 114 Å². The van der Waals surface area contributed by atoms with Gasteiger partial charge in [0, 0.05) is 35.1 Å². The molecule has 16 heavy (non-hydrogen) atoms. The molecule has 0 bridgehead atoms. The van der Waals surface area contributed by atoms with Crippen LogP contribution in [-0.4, -0.2) is 29.6 Å². The number of nitrogens with zero attached hydrogens (tertiary/aromatic N) is 2. The van der Waals surface area contributed by atoms with Crippen LogP contribution in [0, 0.1) is 0 Å². The van der Waals surface area contributed by atoms with Crippen LogP contribution in [0.4, 0.5) is 5.82 Å². The monoisotopic (exact) mass is 320 g/mol. The van der Waals surface area contributed by atoms with E-state index in [0.29, 0.717) is 11.9 Å². The number of alkyl halides is 1. The van der Waals surface area contributed by atoms with Crippen LogP contribution < -0.4 is 4.90 Å². The summed E-state index contributed by atoms with van der Waals surface area (Å²) in [6, 6.07) is 2.65. The molecule has 2 rings (SSSR count). The molecule has 0 saturated carbocycles. The Kier molecular flexibility index (Phi) is 4.39. The molecule has 1 aromatic rings. The van der Waals surface area contributed by atoms with Crippen molar-refractivity contribution in [2.75, 3.05) is 23.5 Å². The fourth-order valence-corrected chi connectivity index (χ4v) is 3.73. The SMILES string of the molecule is CN(c1ncc(Br)cc1CCl)C1CCSC1. The van der Waals surface area contributed by atoms with Gasteiger partial charge in [-0.25, -0.2) is 4.98 Å². The number of pyridine rings is 1. The molecule has 1 aliphatic heterocycles. The first kappa shape index (κ1) is 12.5. The van der Waals surface area contributed by atoms with Gasteiger partial charge in [0.1, 0.15) is 5.82 Å². The zero-order valence-corrected chi connectivity index (χ0v) is 12.3. The van der Waals surface area contributed by atoms with E-state index in [1.54, 1.807) is 0 Å². The largest absolute Gasteiger partial charge is 0.356 e. The van der Waals surface area contributed by atoms with E-state index in [2.05, 4.69) is 32.9 Å². The summed E-state index contributed by atoms with van der Waals surface area (Å²) in [5.41, 5.74) is 1.09. The Morgan fingerprint density at radius 1 is 1.69 bits per heavy atom. The van der Waals surface area contributed by atoms with Crippen LogP contribution in [0.1, 0.15) is 12.0 Å². The van der Waals surface area contributed by atoms with Crippen LogP contribution in [0.5, 0.6) is 0 Å². The first-order chi connectivity index (χ1) is 7.72. The van der Waals surface area contributed by atoms with E-state index in [9.17, 15) is 0 Å². The Balaban J connectivity index is 2.24. The van der Waals surface area contributed by atoms with Crippen molar-refractivity contribution < 1.29 is 0 Å². The van der Waals surface area contributed by atoms with Crippen molar-refractivity contribution in [1.29, 1.82) is 0 Å². The lowest BCUT2D eigenvalue weighted by Crippen LogP contribution is -2.32. The smallest absolute Gasteiger partial charge is 0.133 e. The molecule has 1 aliphatic rings. The highest BCUT2D eigenvalue weighted by atomic mass is 79.9. The van der Waals surface area contributed by atoms with Crippen LogP contribution in [0.15, 0.2) is 16.7 Å². The molecule has 2 nitrogen and oxygen atoms in total. The summed E-state index contributed by atoms with van der Waals surface area (Å²) in [5, 5.41) is 0. The molecule has 1 aromatic heterocycles. The van der Waals surface area contributed by atoms with Gasteiger partial charge in [-0.2, -0.15) is 11.8 Å². The van der Waals surface area contributed by atoms with Crippen molar-refractivity contribution in [2.45, 2.75) is 18.3 Å². The third-order valence-electron chi connectivity index (χ3n) is 2.84. The van der Waals surface area contributed by atoms with Gasteiger partial charge in [0.25, 0.3) is 0 Å². The van der Waals surface area contributed by atoms with Crippen molar-refractivity contribution in [3.63, 3.8) is 0 Å². The highest BCUT2D eigenvalue weighted by Gasteiger charge is 2.22. The average Bonchev–Trinajstić information content (AvgIpc) is 2.81. The minimum Gasteiger partial charge on any atom is -0.356 e. The lowest BCUT2D eigenvalue weighted by molar-refractivity contribution is 0.689. The van der Waals surface area contributed by atoms with E-state index in [-0.39, 0.29) is 0 Å². The lowest BCUT2D eigenvalue weighted by atomic mass is 10.2. The van der Waals surface area contributed by atoms with Gasteiger partial charge >= 0.3 is 0 Å². The van der Waals surface area contributed by atoms with Crippen LogP contribution in [0.25, 0.3) is 0 Å². The number of aromatic nitrogens is 1. The molecule has 2 heterocycles. The average molecular weight is 322 g/mol. The summed E-state index contributed by atoms with van der Waals surface area (Å²) in [5.74, 6) is 3.97. The summed E-state index contributed by atoms with van der Waals surface area (Å²) in [7, 11) is 2.11. The first-order valence-corrected chi connectivity index (χ1v) is 7.71. The van der Waals surface area contributed by atoms with Crippen molar-refractivity contribution in [1.82, 2.24) is 4.98 Å². The molecular formula is C11H14BrClN2S. The second kappa shape index (κ2) is 5.61. The topological polar surface area (TPSA) is 16.1 Å². The zero-order valence-electron chi connectivity index (χ0n) is 9.12. The second-order valence-electron chi connectivity index (χ2n) is 3.90. The maximum Gasteiger partial charge on any atom is 0.133 e. The van der Waals surface area contributed by atoms with E-state index in [0.717, 1.165) is 15.9 Å². The maximum atomic E-state index is 5.96. The van der Waals surface area contributed by atoms with E-state index in [1.165, 1.54) is 17.9 Å². The Morgan fingerprint density at radius 3 is 3.12 bits per heavy atom. The van der Waals surface area contributed by atoms with Crippen LogP contribution in [0.3, 0.4) is 0 Å². The predicted molar refractivity (Wildman–Crippen MR) is 75.6 cm³/mol. The lowest BCUT2D eigenvalue weighted by Gasteiger charge is -2.26. The van der Waals surface area contributed by atoms with E-state index in [4.69, 9.17) is 11.6 Å². The van der Waals surface area contributed by atoms with Crippen molar-refractivity contribution in [3.8, 4) is 0 Å². The molecular weight excluding hydrogens is 308 g/mol. The van der Waals surface area contributed by atoms with Gasteiger partial charge in [0.05, 0.1) is 5.88 Å². The highest BCUT2D eigenvalue weighted by Crippen LogP contribution is 2.28. The first-order valence-electron chi connectivity index (χ1n) is 5.23. The molecule has 0 amide bonds. The van der Waals surface area contributed by atoms with E-state index >= 15 is 0 Å². The number of hydrogen-bond acceptors (Lipinski definition) is 3. The Hall–Kier alpha value is 0.0700. The van der Waals surface area contributed by atoms with Crippen LogP contribution in [0.2, 0.25) is 0 Å². The Bertz CT molecular complexity index is 369. The van der Waals surface area contributed by atoms with Gasteiger partial charge in [-0.3, -0.25) is 0 Å². The normalized spacial score (nSPS) is 20.1. The summed E-state index contributed by atoms with van der Waals surface area (Å²) >= 11 is 11.4. The number of anilines is 1. The molecule has 0 radical (unpaired) electrons. The van der Waals surface area contributed by atoms with Gasteiger partial charge in [0.15, 0.2) is 0 Å². The number of rotatable bonds is 3. The van der Waals surface area contributed by atoms with Gasteiger partial charge < -0.3 is 4.90 Å². The molecule has 1 fully saturated rings. The van der Waals surface area contributed by atoms with Crippen LogP contribution in [-0.2, 0) is 5.88 Å². The van der Waals surface area contributed by atoms with E-state index < -0.39 is 0 Å². The molecule has 1 saturated heterocycles. The number of halogens is 2. The predicted octanol–water partition coefficient (Wildman–Crippen LogP) is 3.52. The minimum absolute atomic E-state index is 0.506. The van der Waals surface area contributed by atoms with Crippen molar-refractivity contribution in [3.05, 3.63) is 22.3 Å². The van der Waals surface area contributed by atoms with Crippen LogP contribution >= 0.6 is 39.3 Å². The molecule has 0 aromatic carbocycles. The second-order valence-corrected chi connectivity index (χ2v) is 6.23. The molecule has 0 spiro atoms. The summed E-state index contributed by atoms with van der Waals surface area (Å²) in [6.45, 7) is 0. The fourth-order valence-electron chi connectivity index (χ4n) is 1.89. The fraction of sp³-hybridized carbons (Fsp3) is 0.545. The van der Waals surface area contributed by atoms with Crippen molar-refractivity contribution >= 4 is 45.1 Å². The standard InChI is InChI=1S/C11H14BrClN2S/c1-15(10-2-3-16-7-10)11-8(5-13)4-9(12)6-14-11/h4,6,10H,2-3,5,7H2,1H3. The molecule has 5 heteroatoms. The molecule has 0 aliphatic carbocycles. The van der Waals surface area contributed by atoms with Gasteiger partial charge in [-0.05, 0) is 34.2 Å². The van der Waals surface area contributed by atoms with Crippen molar-refractivity contribution in [2.24, 2.45) is 0 Å². The molecule has 88 valence electrons. The van der Waals surface area contributed by atoms with Gasteiger partial charge in [0.2, 0.25) is 0 Å². The number of thioether (sulfide) groups is 1. The quantitative estimate of drug-likeness (QED) is 0.792. The molecule has 1 unspecified atom stereocenters. The molecule has 0 N–H and O–H groups in total. The van der Waals surface area contributed by atoms with Gasteiger partial charge in [-0.15, -0.1) is 11.6 Å². The maximum absolute atomic E-state index is 5.96. The third kappa shape index (κ3) is 2.66. The van der Waals surface area contributed by atoms with E-state index in [1.807, 2.05) is 24.0 Å². The summed E-state index contributed by atoms with van der Waals surface area (Å²) in [4.78, 5) is 6.75. The third-order valence-corrected chi connectivity index (χ3v) is 4.71. The van der Waals surface area contributed by atoms with Gasteiger partial charge in [-0.1, -0.05) is 0 Å². The zero-order chi connectivity index (χ0) is 11.5. The Morgan fingerprint density at radius 2 is 2.50 bits per heavy atom. The number of hydrogen-bond donors (Lipinski definition) is 0. The minimum atomic E-state index is 0.506. The highest BCUT2D eigenvalue weighted by molar-refractivity contribution is 9.10. The summed E-state index contributed by atoms with van der Waals surface area (Å²) in [6.07, 6.45) is 3.07.